The first-order valence-corrected chi connectivity index (χ1v) is 13.1. The molecule has 1 aliphatic carbocycles. The van der Waals surface area contributed by atoms with Gasteiger partial charge in [-0.05, 0) is 42.5 Å². The van der Waals surface area contributed by atoms with E-state index in [9.17, 15) is 18.0 Å². The summed E-state index contributed by atoms with van der Waals surface area (Å²) in [5.41, 5.74) is 2.86. The zero-order valence-corrected chi connectivity index (χ0v) is 21.8. The minimum absolute atomic E-state index is 0.0400. The van der Waals surface area contributed by atoms with Crippen molar-refractivity contribution in [1.29, 1.82) is 0 Å². The van der Waals surface area contributed by atoms with Crippen LogP contribution in [0, 0.1) is 5.92 Å². The molecule has 2 aromatic heterocycles. The number of pyridine rings is 1. The van der Waals surface area contributed by atoms with E-state index in [4.69, 9.17) is 4.74 Å². The van der Waals surface area contributed by atoms with Gasteiger partial charge in [-0.1, -0.05) is 45.2 Å². The molecule has 4 rings (SSSR count). The summed E-state index contributed by atoms with van der Waals surface area (Å²) in [6.45, 7) is 5.09. The van der Waals surface area contributed by atoms with Crippen molar-refractivity contribution >= 4 is 34.0 Å². The van der Waals surface area contributed by atoms with Gasteiger partial charge in [0.1, 0.15) is 0 Å². The fourth-order valence-electron chi connectivity index (χ4n) is 4.69. The number of methoxy groups -OCH3 is 1. The fraction of sp³-hybridized carbons (Fsp3) is 0.462. The number of alkyl halides is 3. The van der Waals surface area contributed by atoms with Gasteiger partial charge in [-0.15, -0.1) is 0 Å². The van der Waals surface area contributed by atoms with Crippen molar-refractivity contribution < 1.29 is 22.7 Å². The molecule has 0 saturated heterocycles. The summed E-state index contributed by atoms with van der Waals surface area (Å²) in [6, 6.07) is 9.49. The first-order chi connectivity index (χ1) is 17.7. The van der Waals surface area contributed by atoms with E-state index in [0.717, 1.165) is 37.9 Å². The summed E-state index contributed by atoms with van der Waals surface area (Å²) in [5.74, 6) is -1.38. The summed E-state index contributed by atoms with van der Waals surface area (Å²) in [6.07, 6.45) is 2.49. The second-order valence-electron chi connectivity index (χ2n) is 9.51. The number of nitrogens with zero attached hydrogens (tertiary/aromatic N) is 4. The third-order valence-electron chi connectivity index (χ3n) is 6.30. The predicted molar refractivity (Wildman–Crippen MR) is 138 cm³/mol. The Morgan fingerprint density at radius 1 is 1.22 bits per heavy atom. The summed E-state index contributed by atoms with van der Waals surface area (Å²) in [4.78, 5) is 22.6. The van der Waals surface area contributed by atoms with Crippen LogP contribution in [0.15, 0.2) is 36.5 Å². The molecule has 1 saturated carbocycles. The van der Waals surface area contributed by atoms with Crippen LogP contribution in [-0.2, 0) is 10.9 Å². The van der Waals surface area contributed by atoms with Gasteiger partial charge in [0, 0.05) is 35.9 Å². The monoisotopic (exact) mass is 533 g/mol. The van der Waals surface area contributed by atoms with Crippen LogP contribution in [0.5, 0.6) is 0 Å². The van der Waals surface area contributed by atoms with Crippen molar-refractivity contribution in [2.45, 2.75) is 58.2 Å². The van der Waals surface area contributed by atoms with Crippen LogP contribution in [-0.4, -0.2) is 40.0 Å². The van der Waals surface area contributed by atoms with Crippen LogP contribution in [0.4, 0.5) is 29.7 Å². The molecule has 0 radical (unpaired) electrons. The van der Waals surface area contributed by atoms with E-state index in [1.54, 1.807) is 12.1 Å². The van der Waals surface area contributed by atoms with E-state index in [0.29, 0.717) is 40.3 Å². The molecule has 0 bridgehead atoms. The lowest BCUT2D eigenvalue weighted by Crippen LogP contribution is -2.39. The SMILES string of the molecule is COC(=O)c1ncccc1-c1ccc(N(CC(C)C)C2CCCCC2)c(Nc2nc(C(F)(F)F)ns2)c1. The van der Waals surface area contributed by atoms with Crippen molar-refractivity contribution in [3.8, 4) is 11.1 Å². The number of anilines is 3. The van der Waals surface area contributed by atoms with Gasteiger partial charge in [0.15, 0.2) is 5.69 Å². The van der Waals surface area contributed by atoms with Gasteiger partial charge in [-0.3, -0.25) is 0 Å². The van der Waals surface area contributed by atoms with Crippen molar-refractivity contribution in [2.75, 3.05) is 23.9 Å². The van der Waals surface area contributed by atoms with Gasteiger partial charge in [-0.2, -0.15) is 22.5 Å². The third kappa shape index (κ3) is 6.38. The van der Waals surface area contributed by atoms with E-state index in [-0.39, 0.29) is 10.8 Å². The summed E-state index contributed by atoms with van der Waals surface area (Å²) < 4.78 is 47.9. The van der Waals surface area contributed by atoms with Gasteiger partial charge in [0.2, 0.25) is 11.0 Å². The lowest BCUT2D eigenvalue weighted by molar-refractivity contribution is -0.144. The number of rotatable bonds is 8. The number of esters is 1. The summed E-state index contributed by atoms with van der Waals surface area (Å²) >= 11 is 0.657. The highest BCUT2D eigenvalue weighted by Crippen LogP contribution is 2.39. The quantitative estimate of drug-likeness (QED) is 0.314. The molecule has 0 amide bonds. The highest BCUT2D eigenvalue weighted by molar-refractivity contribution is 7.09. The lowest BCUT2D eigenvalue weighted by Gasteiger charge is -2.38. The van der Waals surface area contributed by atoms with Crippen molar-refractivity contribution in [2.24, 2.45) is 5.92 Å². The van der Waals surface area contributed by atoms with Crippen molar-refractivity contribution in [3.05, 3.63) is 48.0 Å². The molecule has 0 atom stereocenters. The smallest absolute Gasteiger partial charge is 0.452 e. The standard InChI is InChI=1S/C26H30F3N5O2S/c1-16(2)15-34(18-8-5-4-6-9-18)21-12-11-17(19-10-7-13-30-22(19)23(35)36-3)14-20(21)31-25-32-24(33-37-25)26(27,28)29/h7,10-14,16,18H,4-6,8-9,15H2,1-3H3,(H,31,32,33). The number of hydrogen-bond acceptors (Lipinski definition) is 8. The van der Waals surface area contributed by atoms with Gasteiger partial charge >= 0.3 is 12.1 Å². The normalized spacial score (nSPS) is 14.6. The van der Waals surface area contributed by atoms with Crippen LogP contribution >= 0.6 is 11.5 Å². The second kappa shape index (κ2) is 11.5. The number of nitrogens with one attached hydrogen (secondary N) is 1. The average Bonchev–Trinajstić information content (AvgIpc) is 3.37. The van der Waals surface area contributed by atoms with E-state index < -0.39 is 18.0 Å². The van der Waals surface area contributed by atoms with Crippen LogP contribution < -0.4 is 10.2 Å². The van der Waals surface area contributed by atoms with Gasteiger partial charge in [0.25, 0.3) is 0 Å². The minimum Gasteiger partial charge on any atom is -0.464 e. The molecule has 1 N–H and O–H groups in total. The molecule has 1 aliphatic rings. The molecular weight excluding hydrogens is 503 g/mol. The highest BCUT2D eigenvalue weighted by atomic mass is 32.1. The number of hydrogen-bond donors (Lipinski definition) is 1. The van der Waals surface area contributed by atoms with Gasteiger partial charge in [0.05, 0.1) is 18.5 Å². The molecule has 0 unspecified atom stereocenters. The first-order valence-electron chi connectivity index (χ1n) is 12.3. The Kier molecular flexibility index (Phi) is 8.31. The van der Waals surface area contributed by atoms with Gasteiger partial charge in [-0.25, -0.2) is 9.78 Å². The third-order valence-corrected chi connectivity index (χ3v) is 6.93. The van der Waals surface area contributed by atoms with Crippen molar-refractivity contribution in [1.82, 2.24) is 14.3 Å². The largest absolute Gasteiger partial charge is 0.464 e. The lowest BCUT2D eigenvalue weighted by atomic mass is 9.92. The molecule has 3 aromatic rings. The van der Waals surface area contributed by atoms with E-state index in [2.05, 4.69) is 38.4 Å². The van der Waals surface area contributed by atoms with E-state index >= 15 is 0 Å². The maximum atomic E-state index is 13.2. The Morgan fingerprint density at radius 3 is 2.62 bits per heavy atom. The Balaban J connectivity index is 1.81. The number of benzene rings is 1. The Bertz CT molecular complexity index is 1220. The molecule has 0 spiro atoms. The summed E-state index contributed by atoms with van der Waals surface area (Å²) in [5, 5.41) is 3.14. The topological polar surface area (TPSA) is 80.2 Å². The van der Waals surface area contributed by atoms with Gasteiger partial charge < -0.3 is 15.0 Å². The predicted octanol–water partition coefficient (Wildman–Crippen LogP) is 6.94. The first kappa shape index (κ1) is 26.8. The maximum Gasteiger partial charge on any atom is 0.452 e. The van der Waals surface area contributed by atoms with Crippen LogP contribution in [0.1, 0.15) is 62.3 Å². The zero-order chi connectivity index (χ0) is 26.6. The van der Waals surface area contributed by atoms with Crippen LogP contribution in [0.3, 0.4) is 0 Å². The molecular formula is C26H30F3N5O2S. The number of ether oxygens (including phenoxy) is 1. The number of carbonyl (C=O) groups is 1. The molecule has 7 nitrogen and oxygen atoms in total. The molecule has 37 heavy (non-hydrogen) atoms. The van der Waals surface area contributed by atoms with E-state index in [1.807, 2.05) is 18.2 Å². The van der Waals surface area contributed by atoms with E-state index in [1.165, 1.54) is 19.7 Å². The Hall–Kier alpha value is -3.21. The molecule has 2 heterocycles. The van der Waals surface area contributed by atoms with Crippen LogP contribution in [0.25, 0.3) is 11.1 Å². The molecule has 198 valence electrons. The average molecular weight is 534 g/mol. The van der Waals surface area contributed by atoms with Crippen molar-refractivity contribution in [3.63, 3.8) is 0 Å². The molecule has 1 fully saturated rings. The maximum absolute atomic E-state index is 13.2. The number of aromatic nitrogens is 3. The number of carbonyl (C=O) groups excluding carboxylic acids is 1. The Labute approximate surface area is 218 Å². The molecule has 11 heteroatoms. The second-order valence-corrected chi connectivity index (χ2v) is 10.3. The summed E-state index contributed by atoms with van der Waals surface area (Å²) in [7, 11) is 1.29. The molecule has 1 aromatic carbocycles. The highest BCUT2D eigenvalue weighted by Gasteiger charge is 2.36. The van der Waals surface area contributed by atoms with Crippen LogP contribution in [0.2, 0.25) is 0 Å². The minimum atomic E-state index is -4.63. The zero-order valence-electron chi connectivity index (χ0n) is 21.0. The Morgan fingerprint density at radius 2 is 1.97 bits per heavy atom. The fourth-order valence-corrected chi connectivity index (χ4v) is 5.29. The molecule has 0 aliphatic heterocycles. The number of halogens is 3.